The van der Waals surface area contributed by atoms with E-state index in [1.165, 1.54) is 18.3 Å². The van der Waals surface area contributed by atoms with Gasteiger partial charge in [0.1, 0.15) is 11.0 Å². The monoisotopic (exact) mass is 342 g/mol. The predicted octanol–water partition coefficient (Wildman–Crippen LogP) is 2.62. The highest BCUT2D eigenvalue weighted by Crippen LogP contribution is 2.21. The summed E-state index contributed by atoms with van der Waals surface area (Å²) in [5.74, 6) is -0.491. The molecule has 1 unspecified atom stereocenters. The van der Waals surface area contributed by atoms with E-state index in [-0.39, 0.29) is 11.8 Å². The van der Waals surface area contributed by atoms with Crippen LogP contribution < -0.4 is 10.6 Å². The first-order valence-corrected chi connectivity index (χ1v) is 8.40. The minimum atomic E-state index is -0.649. The number of aromatic nitrogens is 2. The lowest BCUT2D eigenvalue weighted by Crippen LogP contribution is -2.44. The fourth-order valence-electron chi connectivity index (χ4n) is 2.60. The molecule has 0 aliphatic carbocycles. The van der Waals surface area contributed by atoms with E-state index < -0.39 is 6.04 Å². The van der Waals surface area contributed by atoms with E-state index in [1.54, 1.807) is 6.20 Å². The number of anilines is 1. The molecule has 1 atom stereocenters. The van der Waals surface area contributed by atoms with Gasteiger partial charge in [0.25, 0.3) is 0 Å². The molecule has 0 saturated carbocycles. The Kier molecular flexibility index (Phi) is 4.61. The van der Waals surface area contributed by atoms with Crippen LogP contribution in [0.25, 0.3) is 10.9 Å². The minimum absolute atomic E-state index is 0.240. The van der Waals surface area contributed by atoms with Crippen LogP contribution in [-0.4, -0.2) is 27.8 Å². The Bertz CT molecular complexity index is 883. The van der Waals surface area contributed by atoms with Crippen molar-refractivity contribution < 1.29 is 9.59 Å². The third kappa shape index (κ3) is 3.62. The van der Waals surface area contributed by atoms with Crippen LogP contribution in [-0.2, 0) is 16.0 Å². The summed E-state index contributed by atoms with van der Waals surface area (Å²) in [5, 5.41) is 8.15. The molecule has 0 aliphatic heterocycles. The lowest BCUT2D eigenvalue weighted by Gasteiger charge is -2.16. The van der Waals surface area contributed by atoms with Crippen LogP contribution in [0.4, 0.5) is 5.00 Å². The zero-order valence-electron chi connectivity index (χ0n) is 13.4. The molecule has 1 aromatic carbocycles. The Labute approximate surface area is 143 Å². The maximum absolute atomic E-state index is 12.6. The maximum atomic E-state index is 12.6. The van der Waals surface area contributed by atoms with Crippen molar-refractivity contribution in [2.75, 3.05) is 5.32 Å². The number of H-pyrrole nitrogens is 1. The van der Waals surface area contributed by atoms with E-state index in [9.17, 15) is 9.59 Å². The summed E-state index contributed by atoms with van der Waals surface area (Å²) < 4.78 is 0. The average Bonchev–Trinajstić information content (AvgIpc) is 3.13. The molecule has 2 amide bonds. The standard InChI is InChI=1S/C17H18N4O2S/c1-10(22)20-15(17(23)21-16-9-18-11(2)24-16)7-12-8-19-14-6-4-3-5-13(12)14/h3-6,8-9,15,19H,7H2,1-2H3,(H,20,22)(H,21,23). The van der Waals surface area contributed by atoms with Crippen molar-refractivity contribution >= 4 is 39.1 Å². The first-order valence-electron chi connectivity index (χ1n) is 7.58. The van der Waals surface area contributed by atoms with Gasteiger partial charge >= 0.3 is 0 Å². The first kappa shape index (κ1) is 16.2. The van der Waals surface area contributed by atoms with Gasteiger partial charge in [-0.25, -0.2) is 4.98 Å². The number of fused-ring (bicyclic) bond motifs is 1. The topological polar surface area (TPSA) is 86.9 Å². The molecular weight excluding hydrogens is 324 g/mol. The van der Waals surface area contributed by atoms with Crippen molar-refractivity contribution in [1.82, 2.24) is 15.3 Å². The second-order valence-electron chi connectivity index (χ2n) is 5.55. The SMILES string of the molecule is CC(=O)NC(Cc1c[nH]c2ccccc12)C(=O)Nc1cnc(C)s1. The van der Waals surface area contributed by atoms with Crippen molar-refractivity contribution in [2.24, 2.45) is 0 Å². The summed E-state index contributed by atoms with van der Waals surface area (Å²) in [5.41, 5.74) is 1.99. The van der Waals surface area contributed by atoms with Gasteiger partial charge in [-0.05, 0) is 18.6 Å². The number of amides is 2. The fraction of sp³-hybridized carbons (Fsp3) is 0.235. The van der Waals surface area contributed by atoms with E-state index in [0.29, 0.717) is 11.4 Å². The molecule has 2 heterocycles. The number of para-hydroxylation sites is 1. The van der Waals surface area contributed by atoms with Gasteiger partial charge in [-0.3, -0.25) is 9.59 Å². The number of nitrogens with zero attached hydrogens (tertiary/aromatic N) is 1. The number of rotatable bonds is 5. The zero-order valence-corrected chi connectivity index (χ0v) is 14.2. The van der Waals surface area contributed by atoms with Gasteiger partial charge in [-0.2, -0.15) is 0 Å². The minimum Gasteiger partial charge on any atom is -0.361 e. The largest absolute Gasteiger partial charge is 0.361 e. The number of benzene rings is 1. The van der Waals surface area contributed by atoms with Gasteiger partial charge in [0.05, 0.1) is 11.2 Å². The van der Waals surface area contributed by atoms with Gasteiger partial charge < -0.3 is 15.6 Å². The maximum Gasteiger partial charge on any atom is 0.247 e. The van der Waals surface area contributed by atoms with Crippen molar-refractivity contribution in [3.63, 3.8) is 0 Å². The molecule has 24 heavy (non-hydrogen) atoms. The number of carbonyl (C=O) groups is 2. The van der Waals surface area contributed by atoms with Crippen LogP contribution in [0.1, 0.15) is 17.5 Å². The van der Waals surface area contributed by atoms with Crippen molar-refractivity contribution in [2.45, 2.75) is 26.3 Å². The molecule has 0 bridgehead atoms. The van der Waals surface area contributed by atoms with Crippen LogP contribution >= 0.6 is 11.3 Å². The number of hydrogen-bond acceptors (Lipinski definition) is 4. The third-order valence-electron chi connectivity index (χ3n) is 3.66. The van der Waals surface area contributed by atoms with Gasteiger partial charge in [0.15, 0.2) is 0 Å². The van der Waals surface area contributed by atoms with Crippen LogP contribution in [0.5, 0.6) is 0 Å². The molecule has 124 valence electrons. The molecule has 0 aliphatic rings. The molecular formula is C17H18N4O2S. The summed E-state index contributed by atoms with van der Waals surface area (Å²) in [6.45, 7) is 3.28. The summed E-state index contributed by atoms with van der Waals surface area (Å²) in [6.07, 6.45) is 3.91. The van der Waals surface area contributed by atoms with Gasteiger partial charge in [0.2, 0.25) is 11.8 Å². The number of aromatic amines is 1. The molecule has 0 saturated heterocycles. The highest BCUT2D eigenvalue weighted by molar-refractivity contribution is 7.15. The highest BCUT2D eigenvalue weighted by Gasteiger charge is 2.22. The van der Waals surface area contributed by atoms with E-state index in [2.05, 4.69) is 20.6 Å². The number of nitrogens with one attached hydrogen (secondary N) is 3. The van der Waals surface area contributed by atoms with Gasteiger partial charge in [-0.1, -0.05) is 18.2 Å². The zero-order chi connectivity index (χ0) is 17.1. The highest BCUT2D eigenvalue weighted by atomic mass is 32.1. The Morgan fingerprint density at radius 1 is 1.33 bits per heavy atom. The van der Waals surface area contributed by atoms with Gasteiger partial charge in [0, 0.05) is 30.4 Å². The summed E-state index contributed by atoms with van der Waals surface area (Å²) in [4.78, 5) is 31.4. The number of hydrogen-bond donors (Lipinski definition) is 3. The predicted molar refractivity (Wildman–Crippen MR) is 95.1 cm³/mol. The molecule has 6 nitrogen and oxygen atoms in total. The molecule has 3 aromatic rings. The molecule has 3 N–H and O–H groups in total. The van der Waals surface area contributed by atoms with E-state index >= 15 is 0 Å². The van der Waals surface area contributed by atoms with Crippen LogP contribution in [0.3, 0.4) is 0 Å². The Morgan fingerprint density at radius 3 is 2.83 bits per heavy atom. The van der Waals surface area contributed by atoms with Crippen molar-refractivity contribution in [3.8, 4) is 0 Å². The molecule has 3 rings (SSSR count). The third-order valence-corrected chi connectivity index (χ3v) is 4.49. The lowest BCUT2D eigenvalue weighted by atomic mass is 10.0. The van der Waals surface area contributed by atoms with E-state index in [4.69, 9.17) is 0 Å². The second-order valence-corrected chi connectivity index (χ2v) is 6.78. The summed E-state index contributed by atoms with van der Waals surface area (Å²) in [7, 11) is 0. The van der Waals surface area contributed by atoms with Gasteiger partial charge in [-0.15, -0.1) is 11.3 Å². The first-order chi connectivity index (χ1) is 11.5. The quantitative estimate of drug-likeness (QED) is 0.666. The normalized spacial score (nSPS) is 12.1. The Hall–Kier alpha value is -2.67. The van der Waals surface area contributed by atoms with Crippen LogP contribution in [0.2, 0.25) is 0 Å². The number of carbonyl (C=O) groups excluding carboxylic acids is 2. The summed E-state index contributed by atoms with van der Waals surface area (Å²) in [6, 6.07) is 7.23. The smallest absolute Gasteiger partial charge is 0.247 e. The summed E-state index contributed by atoms with van der Waals surface area (Å²) >= 11 is 1.40. The lowest BCUT2D eigenvalue weighted by molar-refractivity contribution is -0.125. The second kappa shape index (κ2) is 6.84. The number of thiazole rings is 1. The van der Waals surface area contributed by atoms with Crippen LogP contribution in [0.15, 0.2) is 36.7 Å². The van der Waals surface area contributed by atoms with Crippen molar-refractivity contribution in [1.29, 1.82) is 0 Å². The molecule has 2 aromatic heterocycles. The van der Waals surface area contributed by atoms with E-state index in [0.717, 1.165) is 21.5 Å². The Morgan fingerprint density at radius 2 is 2.12 bits per heavy atom. The molecule has 0 radical (unpaired) electrons. The van der Waals surface area contributed by atoms with Crippen LogP contribution in [0, 0.1) is 6.92 Å². The average molecular weight is 342 g/mol. The molecule has 0 fully saturated rings. The van der Waals surface area contributed by atoms with E-state index in [1.807, 2.05) is 37.4 Å². The Balaban J connectivity index is 1.80. The molecule has 7 heteroatoms. The molecule has 0 spiro atoms. The fourth-order valence-corrected chi connectivity index (χ4v) is 3.28. The van der Waals surface area contributed by atoms with Crippen molar-refractivity contribution in [3.05, 3.63) is 47.2 Å². The number of aryl methyl sites for hydroxylation is 1.